The molecule has 1 atom stereocenters. The van der Waals surface area contributed by atoms with Gasteiger partial charge in [-0.05, 0) is 12.1 Å². The molecular weight excluding hydrogens is 263 g/mol. The number of hydrogen-bond acceptors (Lipinski definition) is 3. The van der Waals surface area contributed by atoms with Crippen LogP contribution in [0.1, 0.15) is 6.42 Å². The minimum atomic E-state index is -0.800. The fraction of sp³-hybridized carbons (Fsp3) is 0.182. The van der Waals surface area contributed by atoms with Crippen LogP contribution in [0.4, 0.5) is 5.69 Å². The van der Waals surface area contributed by atoms with Crippen LogP contribution < -0.4 is 11.1 Å². The number of rotatable bonds is 3. The normalized spacial score (nSPS) is 11.6. The Balaban J connectivity index is 2.83. The number of aromatic hydroxyl groups is 1. The summed E-state index contributed by atoms with van der Waals surface area (Å²) in [6, 6.07) is 1.93. The first-order chi connectivity index (χ1) is 7.95. The van der Waals surface area contributed by atoms with Crippen molar-refractivity contribution in [2.75, 3.05) is 5.32 Å². The summed E-state index contributed by atoms with van der Waals surface area (Å²) in [5.41, 5.74) is 5.85. The van der Waals surface area contributed by atoms with Gasteiger partial charge in [-0.3, -0.25) is 4.79 Å². The van der Waals surface area contributed by atoms with E-state index in [4.69, 9.17) is 35.4 Å². The van der Waals surface area contributed by atoms with E-state index in [1.807, 2.05) is 0 Å². The Morgan fingerprint density at radius 3 is 2.53 bits per heavy atom. The molecule has 0 heterocycles. The Labute approximate surface area is 109 Å². The first kappa shape index (κ1) is 13.7. The summed E-state index contributed by atoms with van der Waals surface area (Å²) in [4.78, 5) is 11.5. The molecular formula is C11H10Cl2N2O2. The average Bonchev–Trinajstić information content (AvgIpc) is 2.26. The van der Waals surface area contributed by atoms with Gasteiger partial charge in [0.1, 0.15) is 0 Å². The molecule has 17 heavy (non-hydrogen) atoms. The zero-order valence-corrected chi connectivity index (χ0v) is 10.2. The third-order valence-corrected chi connectivity index (χ3v) is 2.54. The standard InChI is InChI=1S/C11H10Cl2N2O2/c1-2-3-9(14)11(17)15-6-4-7(12)10(16)8(13)5-6/h1,4-5,9,16H,3,14H2,(H,15,17). The number of benzene rings is 1. The van der Waals surface area contributed by atoms with Gasteiger partial charge in [0.15, 0.2) is 5.75 Å². The van der Waals surface area contributed by atoms with E-state index >= 15 is 0 Å². The third-order valence-electron chi connectivity index (χ3n) is 1.96. The molecule has 6 heteroatoms. The number of carbonyl (C=O) groups excluding carboxylic acids is 1. The molecule has 0 saturated carbocycles. The lowest BCUT2D eigenvalue weighted by atomic mass is 10.2. The van der Waals surface area contributed by atoms with Crippen LogP contribution in [0.3, 0.4) is 0 Å². The van der Waals surface area contributed by atoms with E-state index in [1.165, 1.54) is 12.1 Å². The van der Waals surface area contributed by atoms with Gasteiger partial charge in [-0.2, -0.15) is 0 Å². The highest BCUT2D eigenvalue weighted by Gasteiger charge is 2.14. The number of nitrogens with two attached hydrogens (primary N) is 1. The van der Waals surface area contributed by atoms with Crippen LogP contribution in [0.15, 0.2) is 12.1 Å². The highest BCUT2D eigenvalue weighted by atomic mass is 35.5. The Morgan fingerprint density at radius 1 is 1.53 bits per heavy atom. The third kappa shape index (κ3) is 3.53. The van der Waals surface area contributed by atoms with Crippen molar-refractivity contribution in [3.63, 3.8) is 0 Å². The molecule has 4 nitrogen and oxygen atoms in total. The second-order valence-corrected chi connectivity index (χ2v) is 4.11. The maximum atomic E-state index is 11.5. The van der Waals surface area contributed by atoms with Gasteiger partial charge in [-0.25, -0.2) is 0 Å². The van der Waals surface area contributed by atoms with Crippen molar-refractivity contribution in [1.29, 1.82) is 0 Å². The molecule has 0 spiro atoms. The van der Waals surface area contributed by atoms with E-state index < -0.39 is 11.9 Å². The topological polar surface area (TPSA) is 75.4 Å². The highest BCUT2D eigenvalue weighted by molar-refractivity contribution is 6.37. The van der Waals surface area contributed by atoms with Gasteiger partial charge in [0.25, 0.3) is 0 Å². The number of halogens is 2. The second kappa shape index (κ2) is 5.78. The SMILES string of the molecule is C#CCC(N)C(=O)Nc1cc(Cl)c(O)c(Cl)c1. The number of phenols is 1. The van der Waals surface area contributed by atoms with Crippen LogP contribution in [0.5, 0.6) is 5.75 Å². The van der Waals surface area contributed by atoms with Gasteiger partial charge >= 0.3 is 0 Å². The second-order valence-electron chi connectivity index (χ2n) is 3.29. The zero-order chi connectivity index (χ0) is 13.0. The fourth-order valence-corrected chi connectivity index (χ4v) is 1.58. The molecule has 0 aromatic heterocycles. The Morgan fingerprint density at radius 2 is 2.06 bits per heavy atom. The first-order valence-electron chi connectivity index (χ1n) is 4.63. The Bertz CT molecular complexity index is 460. The molecule has 1 amide bonds. The summed E-state index contributed by atoms with van der Waals surface area (Å²) >= 11 is 11.4. The van der Waals surface area contributed by atoms with Gasteiger partial charge in [0, 0.05) is 12.1 Å². The molecule has 0 radical (unpaired) electrons. The molecule has 0 saturated heterocycles. The van der Waals surface area contributed by atoms with Crippen LogP contribution in [0, 0.1) is 12.3 Å². The molecule has 0 bridgehead atoms. The number of hydrogen-bond donors (Lipinski definition) is 3. The van der Waals surface area contributed by atoms with Crippen molar-refractivity contribution in [2.45, 2.75) is 12.5 Å². The van der Waals surface area contributed by atoms with E-state index in [9.17, 15) is 9.90 Å². The number of nitrogens with one attached hydrogen (secondary N) is 1. The Kier molecular flexibility index (Phi) is 4.64. The van der Waals surface area contributed by atoms with E-state index in [2.05, 4.69) is 11.2 Å². The largest absolute Gasteiger partial charge is 0.505 e. The Hall–Kier alpha value is -1.41. The molecule has 1 rings (SSSR count). The van der Waals surface area contributed by atoms with Gasteiger partial charge in [0.2, 0.25) is 5.91 Å². The molecule has 0 aliphatic rings. The van der Waals surface area contributed by atoms with Gasteiger partial charge < -0.3 is 16.2 Å². The number of phenolic OH excluding ortho intramolecular Hbond substituents is 1. The first-order valence-corrected chi connectivity index (χ1v) is 5.39. The summed E-state index contributed by atoms with van der Waals surface area (Å²) in [7, 11) is 0. The number of anilines is 1. The van der Waals surface area contributed by atoms with Crippen molar-refractivity contribution in [1.82, 2.24) is 0 Å². The lowest BCUT2D eigenvalue weighted by Gasteiger charge is -2.11. The zero-order valence-electron chi connectivity index (χ0n) is 8.71. The monoisotopic (exact) mass is 272 g/mol. The van der Waals surface area contributed by atoms with Gasteiger partial charge in [0.05, 0.1) is 16.1 Å². The number of amides is 1. The molecule has 1 aromatic rings. The molecule has 90 valence electrons. The minimum absolute atomic E-state index is 0.0401. The predicted molar refractivity (Wildman–Crippen MR) is 68.2 cm³/mol. The molecule has 1 aromatic carbocycles. The quantitative estimate of drug-likeness (QED) is 0.582. The number of terminal acetylenes is 1. The number of carbonyl (C=O) groups is 1. The van der Waals surface area contributed by atoms with E-state index in [1.54, 1.807) is 0 Å². The summed E-state index contributed by atoms with van der Waals surface area (Å²) in [6.45, 7) is 0. The predicted octanol–water partition coefficient (Wildman–Crippen LogP) is 1.99. The van der Waals surface area contributed by atoms with Crippen LogP contribution in [-0.4, -0.2) is 17.1 Å². The van der Waals surface area contributed by atoms with Crippen LogP contribution in [0.25, 0.3) is 0 Å². The van der Waals surface area contributed by atoms with Crippen molar-refractivity contribution in [3.05, 3.63) is 22.2 Å². The molecule has 4 N–H and O–H groups in total. The van der Waals surface area contributed by atoms with Crippen molar-refractivity contribution >= 4 is 34.8 Å². The van der Waals surface area contributed by atoms with Gasteiger partial charge in [-0.15, -0.1) is 12.3 Å². The average molecular weight is 273 g/mol. The van der Waals surface area contributed by atoms with Crippen LogP contribution in [-0.2, 0) is 4.79 Å². The van der Waals surface area contributed by atoms with Crippen molar-refractivity contribution in [2.24, 2.45) is 5.73 Å². The summed E-state index contributed by atoms with van der Waals surface area (Å²) in [5, 5.41) is 11.9. The van der Waals surface area contributed by atoms with Crippen LogP contribution >= 0.6 is 23.2 Å². The highest BCUT2D eigenvalue weighted by Crippen LogP contribution is 2.34. The molecule has 0 fully saturated rings. The molecule has 1 unspecified atom stereocenters. The molecule has 0 aliphatic heterocycles. The summed E-state index contributed by atoms with van der Waals surface area (Å²) in [5.74, 6) is 1.61. The lowest BCUT2D eigenvalue weighted by Crippen LogP contribution is -2.35. The van der Waals surface area contributed by atoms with E-state index in [-0.39, 0.29) is 22.2 Å². The maximum absolute atomic E-state index is 11.5. The molecule has 0 aliphatic carbocycles. The minimum Gasteiger partial charge on any atom is -0.505 e. The van der Waals surface area contributed by atoms with Gasteiger partial charge in [-0.1, -0.05) is 23.2 Å². The summed E-state index contributed by atoms with van der Waals surface area (Å²) in [6.07, 6.45) is 5.17. The maximum Gasteiger partial charge on any atom is 0.242 e. The summed E-state index contributed by atoms with van der Waals surface area (Å²) < 4.78 is 0. The lowest BCUT2D eigenvalue weighted by molar-refractivity contribution is -0.117. The van der Waals surface area contributed by atoms with Crippen molar-refractivity contribution < 1.29 is 9.90 Å². The van der Waals surface area contributed by atoms with E-state index in [0.717, 1.165) is 0 Å². The van der Waals surface area contributed by atoms with E-state index in [0.29, 0.717) is 5.69 Å². The fourth-order valence-electron chi connectivity index (χ4n) is 1.09. The van der Waals surface area contributed by atoms with Crippen LogP contribution in [0.2, 0.25) is 10.0 Å². The van der Waals surface area contributed by atoms with Crippen molar-refractivity contribution in [3.8, 4) is 18.1 Å². The smallest absolute Gasteiger partial charge is 0.242 e.